The van der Waals surface area contributed by atoms with Gasteiger partial charge in [-0.05, 0) is 24.3 Å². The number of pyridine rings is 1. The fourth-order valence-electron chi connectivity index (χ4n) is 1.74. The molecule has 0 atom stereocenters. The smallest absolute Gasteiger partial charge is 0.136 e. The second-order valence-electron chi connectivity index (χ2n) is 3.84. The highest BCUT2D eigenvalue weighted by Crippen LogP contribution is 2.26. The lowest BCUT2D eigenvalue weighted by Gasteiger charge is -2.20. The fraction of sp³-hybridized carbons (Fsp3) is 0.143. The van der Waals surface area contributed by atoms with Crippen LogP contribution in [-0.4, -0.2) is 12.0 Å². The zero-order chi connectivity index (χ0) is 13.0. The van der Waals surface area contributed by atoms with Gasteiger partial charge < -0.3 is 4.90 Å². The van der Waals surface area contributed by atoms with E-state index in [0.29, 0.717) is 5.56 Å². The number of anilines is 2. The summed E-state index contributed by atoms with van der Waals surface area (Å²) >= 11 is 3.46. The molecule has 0 spiro atoms. The highest BCUT2D eigenvalue weighted by Gasteiger charge is 2.09. The van der Waals surface area contributed by atoms with E-state index in [0.717, 1.165) is 22.4 Å². The molecule has 0 aliphatic rings. The Bertz CT molecular complexity index is 590. The minimum atomic E-state index is 0.649. The second kappa shape index (κ2) is 5.65. The lowest BCUT2D eigenvalue weighted by Crippen LogP contribution is -2.13. The molecule has 0 saturated heterocycles. The van der Waals surface area contributed by atoms with Crippen molar-refractivity contribution in [1.82, 2.24) is 4.98 Å². The molecule has 2 rings (SSSR count). The van der Waals surface area contributed by atoms with Crippen LogP contribution in [0.15, 0.2) is 42.6 Å². The van der Waals surface area contributed by atoms with Crippen molar-refractivity contribution in [2.45, 2.75) is 5.33 Å². The Hall–Kier alpha value is -1.86. The molecular weight excluding hydrogens is 290 g/mol. The fourth-order valence-corrected chi connectivity index (χ4v) is 2.18. The monoisotopic (exact) mass is 301 g/mol. The van der Waals surface area contributed by atoms with Crippen LogP contribution in [0, 0.1) is 11.3 Å². The molecular formula is C14H12BrN3. The second-order valence-corrected chi connectivity index (χ2v) is 4.40. The highest BCUT2D eigenvalue weighted by molar-refractivity contribution is 9.08. The van der Waals surface area contributed by atoms with E-state index >= 15 is 0 Å². The van der Waals surface area contributed by atoms with E-state index in [1.54, 1.807) is 12.3 Å². The molecule has 0 bridgehead atoms. The zero-order valence-electron chi connectivity index (χ0n) is 9.97. The third kappa shape index (κ3) is 2.52. The molecule has 0 saturated carbocycles. The number of hydrogen-bond donors (Lipinski definition) is 0. The first-order valence-electron chi connectivity index (χ1n) is 5.50. The lowest BCUT2D eigenvalue weighted by atomic mass is 10.2. The van der Waals surface area contributed by atoms with Gasteiger partial charge in [0.05, 0.1) is 11.6 Å². The predicted octanol–water partition coefficient (Wildman–Crippen LogP) is 3.62. The van der Waals surface area contributed by atoms with Gasteiger partial charge in [-0.25, -0.2) is 4.98 Å². The number of halogens is 1. The molecule has 90 valence electrons. The Kier molecular flexibility index (Phi) is 3.96. The highest BCUT2D eigenvalue weighted by atomic mass is 79.9. The van der Waals surface area contributed by atoms with E-state index in [4.69, 9.17) is 5.26 Å². The van der Waals surface area contributed by atoms with E-state index < -0.39 is 0 Å². The Labute approximate surface area is 115 Å². The number of nitrogens with zero attached hydrogens (tertiary/aromatic N) is 3. The lowest BCUT2D eigenvalue weighted by molar-refractivity contribution is 1.10. The molecule has 0 radical (unpaired) electrons. The first-order valence-corrected chi connectivity index (χ1v) is 6.62. The van der Waals surface area contributed by atoms with Crippen molar-refractivity contribution >= 4 is 27.4 Å². The number of benzene rings is 1. The van der Waals surface area contributed by atoms with Crippen molar-refractivity contribution < 1.29 is 0 Å². The first-order chi connectivity index (χ1) is 8.76. The molecule has 0 amide bonds. The number of rotatable bonds is 3. The minimum absolute atomic E-state index is 0.649. The Morgan fingerprint density at radius 3 is 2.89 bits per heavy atom. The molecule has 0 N–H and O–H groups in total. The van der Waals surface area contributed by atoms with Crippen molar-refractivity contribution in [1.29, 1.82) is 5.26 Å². The quantitative estimate of drug-likeness (QED) is 0.813. The van der Waals surface area contributed by atoms with Crippen LogP contribution in [0.1, 0.15) is 11.1 Å². The van der Waals surface area contributed by atoms with Gasteiger partial charge in [0, 0.05) is 29.8 Å². The standard InChI is InChI=1S/C14H12BrN3/c1-18(13-6-2-4-11(8-13)10-16)14-12(9-15)5-3-7-17-14/h2-8H,9H2,1H3. The molecule has 4 heteroatoms. The summed E-state index contributed by atoms with van der Waals surface area (Å²) in [5.41, 5.74) is 2.72. The summed E-state index contributed by atoms with van der Waals surface area (Å²) in [6.45, 7) is 0. The van der Waals surface area contributed by atoms with Gasteiger partial charge in [0.2, 0.25) is 0 Å². The van der Waals surface area contributed by atoms with Crippen molar-refractivity contribution in [3.8, 4) is 6.07 Å². The maximum Gasteiger partial charge on any atom is 0.136 e. The molecule has 0 aliphatic heterocycles. The summed E-state index contributed by atoms with van der Waals surface area (Å²) in [4.78, 5) is 6.38. The van der Waals surface area contributed by atoms with Gasteiger partial charge >= 0.3 is 0 Å². The van der Waals surface area contributed by atoms with E-state index in [1.165, 1.54) is 0 Å². The van der Waals surface area contributed by atoms with E-state index in [-0.39, 0.29) is 0 Å². The largest absolute Gasteiger partial charge is 0.329 e. The number of alkyl halides is 1. The maximum absolute atomic E-state index is 8.92. The van der Waals surface area contributed by atoms with Gasteiger partial charge in [-0.3, -0.25) is 0 Å². The molecule has 0 fully saturated rings. The van der Waals surface area contributed by atoms with Crippen LogP contribution >= 0.6 is 15.9 Å². The summed E-state index contributed by atoms with van der Waals surface area (Å²) in [5.74, 6) is 0.893. The third-order valence-electron chi connectivity index (χ3n) is 2.69. The number of aromatic nitrogens is 1. The molecule has 3 nitrogen and oxygen atoms in total. The zero-order valence-corrected chi connectivity index (χ0v) is 11.6. The van der Waals surface area contributed by atoms with Gasteiger partial charge in [-0.1, -0.05) is 28.1 Å². The average Bonchev–Trinajstić information content (AvgIpc) is 2.46. The first kappa shape index (κ1) is 12.6. The number of hydrogen-bond acceptors (Lipinski definition) is 3. The normalized spacial score (nSPS) is 9.83. The van der Waals surface area contributed by atoms with Crippen molar-refractivity contribution in [2.24, 2.45) is 0 Å². The molecule has 0 unspecified atom stereocenters. The van der Waals surface area contributed by atoms with E-state index in [9.17, 15) is 0 Å². The Morgan fingerprint density at radius 2 is 2.17 bits per heavy atom. The molecule has 1 heterocycles. The van der Waals surface area contributed by atoms with Crippen LogP contribution in [0.4, 0.5) is 11.5 Å². The predicted molar refractivity (Wildman–Crippen MR) is 76.1 cm³/mol. The summed E-state index contributed by atoms with van der Waals surface area (Å²) in [7, 11) is 1.95. The molecule has 1 aromatic heterocycles. The van der Waals surface area contributed by atoms with Crippen molar-refractivity contribution in [2.75, 3.05) is 11.9 Å². The van der Waals surface area contributed by atoms with Gasteiger partial charge in [-0.2, -0.15) is 5.26 Å². The van der Waals surface area contributed by atoms with Gasteiger partial charge in [0.1, 0.15) is 5.82 Å². The number of nitriles is 1. The van der Waals surface area contributed by atoms with Gasteiger partial charge in [0.25, 0.3) is 0 Å². The van der Waals surface area contributed by atoms with Crippen LogP contribution in [0.3, 0.4) is 0 Å². The van der Waals surface area contributed by atoms with Crippen LogP contribution in [0.5, 0.6) is 0 Å². The summed E-state index contributed by atoms with van der Waals surface area (Å²) in [5, 5.41) is 9.67. The van der Waals surface area contributed by atoms with E-state index in [2.05, 4.69) is 27.0 Å². The SMILES string of the molecule is CN(c1cccc(C#N)c1)c1ncccc1CBr. The van der Waals surface area contributed by atoms with Crippen molar-refractivity contribution in [3.05, 3.63) is 53.7 Å². The molecule has 2 aromatic rings. The summed E-state index contributed by atoms with van der Waals surface area (Å²) < 4.78 is 0. The Morgan fingerprint density at radius 1 is 1.33 bits per heavy atom. The molecule has 1 aromatic carbocycles. The molecule has 0 aliphatic carbocycles. The van der Waals surface area contributed by atoms with Gasteiger partial charge in [0.15, 0.2) is 0 Å². The van der Waals surface area contributed by atoms with E-state index in [1.807, 2.05) is 42.3 Å². The topological polar surface area (TPSA) is 39.9 Å². The average molecular weight is 302 g/mol. The van der Waals surface area contributed by atoms with Crippen LogP contribution < -0.4 is 4.90 Å². The third-order valence-corrected chi connectivity index (χ3v) is 3.30. The summed E-state index contributed by atoms with van der Waals surface area (Å²) in [6, 6.07) is 13.6. The summed E-state index contributed by atoms with van der Waals surface area (Å²) in [6.07, 6.45) is 1.77. The van der Waals surface area contributed by atoms with Crippen LogP contribution in [0.25, 0.3) is 0 Å². The van der Waals surface area contributed by atoms with Crippen molar-refractivity contribution in [3.63, 3.8) is 0 Å². The van der Waals surface area contributed by atoms with Gasteiger partial charge in [-0.15, -0.1) is 0 Å². The minimum Gasteiger partial charge on any atom is -0.329 e. The van der Waals surface area contributed by atoms with Crippen LogP contribution in [0.2, 0.25) is 0 Å². The maximum atomic E-state index is 8.92. The van der Waals surface area contributed by atoms with Crippen LogP contribution in [-0.2, 0) is 5.33 Å². The Balaban J connectivity index is 2.41. The molecule has 18 heavy (non-hydrogen) atoms.